The second-order valence-electron chi connectivity index (χ2n) is 4.16. The highest BCUT2D eigenvalue weighted by Gasteiger charge is 2.20. The lowest BCUT2D eigenvalue weighted by Crippen LogP contribution is -2.16. The molecule has 0 unspecified atom stereocenters. The van der Waals surface area contributed by atoms with Crippen molar-refractivity contribution in [3.8, 4) is 0 Å². The van der Waals surface area contributed by atoms with Gasteiger partial charge in [0, 0.05) is 6.54 Å². The maximum atomic E-state index is 13.1. The summed E-state index contributed by atoms with van der Waals surface area (Å²) in [7, 11) is -3.94. The third kappa shape index (κ3) is 3.47. The van der Waals surface area contributed by atoms with E-state index in [0.717, 1.165) is 12.1 Å². The van der Waals surface area contributed by atoms with Gasteiger partial charge < -0.3 is 5.73 Å². The number of sulfonamides is 1. The molecule has 0 radical (unpaired) electrons. The topological polar surface area (TPSA) is 72.2 Å². The van der Waals surface area contributed by atoms with Crippen molar-refractivity contribution >= 4 is 38.9 Å². The molecule has 2 aromatic carbocycles. The molecule has 0 aromatic heterocycles. The summed E-state index contributed by atoms with van der Waals surface area (Å²) in [5.41, 5.74) is 5.89. The lowest BCUT2D eigenvalue weighted by Gasteiger charge is -2.13. The van der Waals surface area contributed by atoms with E-state index in [1.165, 1.54) is 6.07 Å². The molecule has 0 atom stereocenters. The summed E-state index contributed by atoms with van der Waals surface area (Å²) < 4.78 is 40.2. The van der Waals surface area contributed by atoms with Crippen LogP contribution in [0.15, 0.2) is 41.3 Å². The summed E-state index contributed by atoms with van der Waals surface area (Å²) in [6.07, 6.45) is 0. The Hall–Kier alpha value is -1.34. The van der Waals surface area contributed by atoms with Gasteiger partial charge in [0.15, 0.2) is 0 Å². The summed E-state index contributed by atoms with van der Waals surface area (Å²) in [6.45, 7) is 0.0575. The highest BCUT2D eigenvalue weighted by molar-refractivity contribution is 7.92. The van der Waals surface area contributed by atoms with Crippen LogP contribution in [0.4, 0.5) is 10.1 Å². The quantitative estimate of drug-likeness (QED) is 0.889. The number of nitrogens with two attached hydrogens (primary N) is 1. The molecule has 4 nitrogen and oxygen atoms in total. The van der Waals surface area contributed by atoms with Crippen LogP contribution in [0.1, 0.15) is 5.56 Å². The van der Waals surface area contributed by atoms with E-state index in [2.05, 4.69) is 4.72 Å². The predicted octanol–water partition coefficient (Wildman–Crippen LogP) is 3.39. The Bertz CT molecular complexity index is 758. The molecule has 2 rings (SSSR count). The van der Waals surface area contributed by atoms with Gasteiger partial charge >= 0.3 is 0 Å². The first-order valence-corrected chi connectivity index (χ1v) is 8.04. The summed E-state index contributed by atoms with van der Waals surface area (Å²) in [5.74, 6) is -0.657. The second kappa shape index (κ2) is 6.19. The fourth-order valence-corrected chi connectivity index (χ4v) is 3.78. The first kappa shape index (κ1) is 16.0. The van der Waals surface area contributed by atoms with E-state index in [1.54, 1.807) is 18.2 Å². The zero-order valence-electron chi connectivity index (χ0n) is 10.6. The summed E-state index contributed by atoms with van der Waals surface area (Å²) >= 11 is 11.7. The van der Waals surface area contributed by atoms with Crippen LogP contribution >= 0.6 is 23.2 Å². The van der Waals surface area contributed by atoms with Crippen LogP contribution in [0, 0.1) is 5.82 Å². The van der Waals surface area contributed by atoms with E-state index >= 15 is 0 Å². The number of hydrogen-bond acceptors (Lipinski definition) is 3. The van der Waals surface area contributed by atoms with Crippen LogP contribution in [0.2, 0.25) is 10.0 Å². The molecule has 0 amide bonds. The van der Waals surface area contributed by atoms with E-state index in [1.807, 2.05) is 0 Å². The molecule has 2 aromatic rings. The third-order valence-electron chi connectivity index (χ3n) is 2.73. The van der Waals surface area contributed by atoms with E-state index in [4.69, 9.17) is 28.9 Å². The van der Waals surface area contributed by atoms with Crippen LogP contribution in [-0.2, 0) is 16.6 Å². The van der Waals surface area contributed by atoms with Crippen molar-refractivity contribution in [2.75, 3.05) is 4.72 Å². The number of benzene rings is 2. The summed E-state index contributed by atoms with van der Waals surface area (Å²) in [4.78, 5) is 0.0176. The van der Waals surface area contributed by atoms with Crippen LogP contribution in [-0.4, -0.2) is 8.42 Å². The van der Waals surface area contributed by atoms with Crippen molar-refractivity contribution in [3.63, 3.8) is 0 Å². The molecule has 0 aliphatic carbocycles. The van der Waals surface area contributed by atoms with Gasteiger partial charge in [-0.15, -0.1) is 0 Å². The van der Waals surface area contributed by atoms with Gasteiger partial charge in [0.1, 0.15) is 5.82 Å². The maximum absolute atomic E-state index is 13.1. The predicted molar refractivity (Wildman–Crippen MR) is 81.6 cm³/mol. The van der Waals surface area contributed by atoms with Gasteiger partial charge in [0.2, 0.25) is 0 Å². The van der Waals surface area contributed by atoms with Crippen molar-refractivity contribution in [2.45, 2.75) is 11.4 Å². The molecule has 0 heterocycles. The Morgan fingerprint density at radius 2 is 1.71 bits per heavy atom. The monoisotopic (exact) mass is 348 g/mol. The van der Waals surface area contributed by atoms with Crippen LogP contribution in [0.25, 0.3) is 0 Å². The summed E-state index contributed by atoms with van der Waals surface area (Å²) in [5, 5.41) is -0.261. The Kier molecular flexibility index (Phi) is 4.73. The first-order chi connectivity index (χ1) is 9.85. The Morgan fingerprint density at radius 1 is 1.14 bits per heavy atom. The van der Waals surface area contributed by atoms with E-state index in [0.29, 0.717) is 5.56 Å². The van der Waals surface area contributed by atoms with Gasteiger partial charge in [0.25, 0.3) is 10.0 Å². The number of halogens is 3. The lowest BCUT2D eigenvalue weighted by molar-refractivity contribution is 0.600. The standard InChI is InChI=1S/C13H11Cl2FN2O2S/c14-10-5-9(16)6-11(15)13(10)18-21(19,20)12-4-2-1-3-8(12)7-17/h1-6,18H,7,17H2. The summed E-state index contributed by atoms with van der Waals surface area (Å²) in [6, 6.07) is 8.21. The number of anilines is 1. The van der Waals surface area contributed by atoms with E-state index < -0.39 is 15.8 Å². The Labute approximate surface area is 131 Å². The van der Waals surface area contributed by atoms with Crippen molar-refractivity contribution in [3.05, 3.63) is 57.8 Å². The van der Waals surface area contributed by atoms with Crippen molar-refractivity contribution in [1.29, 1.82) is 0 Å². The van der Waals surface area contributed by atoms with Crippen LogP contribution < -0.4 is 10.5 Å². The minimum Gasteiger partial charge on any atom is -0.326 e. The van der Waals surface area contributed by atoms with Gasteiger partial charge in [-0.05, 0) is 23.8 Å². The number of rotatable bonds is 4. The molecule has 0 aliphatic rings. The Balaban J connectivity index is 2.48. The molecular formula is C13H11Cl2FN2O2S. The first-order valence-electron chi connectivity index (χ1n) is 5.80. The molecule has 0 saturated heterocycles. The highest BCUT2D eigenvalue weighted by atomic mass is 35.5. The molecule has 0 saturated carbocycles. The second-order valence-corrected chi connectivity index (χ2v) is 6.63. The fraction of sp³-hybridized carbons (Fsp3) is 0.0769. The molecular weight excluding hydrogens is 338 g/mol. The molecule has 0 spiro atoms. The SMILES string of the molecule is NCc1ccccc1S(=O)(=O)Nc1c(Cl)cc(F)cc1Cl. The molecule has 21 heavy (non-hydrogen) atoms. The smallest absolute Gasteiger partial charge is 0.262 e. The number of hydrogen-bond donors (Lipinski definition) is 2. The largest absolute Gasteiger partial charge is 0.326 e. The third-order valence-corrected chi connectivity index (χ3v) is 4.77. The van der Waals surface area contributed by atoms with Crippen LogP contribution in [0.5, 0.6) is 0 Å². The van der Waals surface area contributed by atoms with E-state index in [-0.39, 0.29) is 27.2 Å². The molecule has 0 aliphatic heterocycles. The Morgan fingerprint density at radius 3 is 2.29 bits per heavy atom. The average molecular weight is 349 g/mol. The van der Waals surface area contributed by atoms with E-state index in [9.17, 15) is 12.8 Å². The van der Waals surface area contributed by atoms with Gasteiger partial charge in [-0.1, -0.05) is 41.4 Å². The molecule has 0 bridgehead atoms. The van der Waals surface area contributed by atoms with Gasteiger partial charge in [0.05, 0.1) is 20.6 Å². The highest BCUT2D eigenvalue weighted by Crippen LogP contribution is 2.33. The normalized spacial score (nSPS) is 11.4. The zero-order chi connectivity index (χ0) is 15.6. The fourth-order valence-electron chi connectivity index (χ4n) is 1.76. The molecule has 8 heteroatoms. The molecule has 3 N–H and O–H groups in total. The van der Waals surface area contributed by atoms with Crippen molar-refractivity contribution in [1.82, 2.24) is 0 Å². The zero-order valence-corrected chi connectivity index (χ0v) is 12.9. The van der Waals surface area contributed by atoms with Crippen molar-refractivity contribution in [2.24, 2.45) is 5.73 Å². The molecule has 0 fully saturated rings. The maximum Gasteiger partial charge on any atom is 0.262 e. The van der Waals surface area contributed by atoms with Gasteiger partial charge in [-0.2, -0.15) is 0 Å². The van der Waals surface area contributed by atoms with Gasteiger partial charge in [-0.3, -0.25) is 4.72 Å². The average Bonchev–Trinajstić information content (AvgIpc) is 2.43. The van der Waals surface area contributed by atoms with Crippen molar-refractivity contribution < 1.29 is 12.8 Å². The lowest BCUT2D eigenvalue weighted by atomic mass is 10.2. The minimum absolute atomic E-state index is 0.0176. The van der Waals surface area contributed by atoms with Crippen LogP contribution in [0.3, 0.4) is 0 Å². The number of nitrogens with one attached hydrogen (secondary N) is 1. The van der Waals surface area contributed by atoms with Gasteiger partial charge in [-0.25, -0.2) is 12.8 Å². The minimum atomic E-state index is -3.94. The molecule has 112 valence electrons.